The molecule has 1 aromatic rings. The summed E-state index contributed by atoms with van der Waals surface area (Å²) < 4.78 is 29.8. The van der Waals surface area contributed by atoms with Crippen LogP contribution >= 0.6 is 24.0 Å². The lowest BCUT2D eigenvalue weighted by Crippen LogP contribution is -2.40. The Kier molecular flexibility index (Phi) is 11.8. The van der Waals surface area contributed by atoms with Crippen molar-refractivity contribution in [3.63, 3.8) is 0 Å². The molecule has 0 aromatic heterocycles. The Morgan fingerprint density at radius 1 is 1.13 bits per heavy atom. The van der Waals surface area contributed by atoms with Crippen molar-refractivity contribution in [2.45, 2.75) is 6.42 Å². The van der Waals surface area contributed by atoms with E-state index in [2.05, 4.69) is 20.3 Å². The molecule has 0 heterocycles. The third kappa shape index (κ3) is 12.1. The standard InChI is InChI=1S/C14H24N4O3S.HI/c1-15-14(16-9-6-10-18-22(2,19)20)17-11-12-21-13-7-4-3-5-8-13;/h3-5,7-8,18H,6,9-12H2,1-2H3,(H2,15,16,17);1H. The van der Waals surface area contributed by atoms with Crippen LogP contribution in [0, 0.1) is 0 Å². The van der Waals surface area contributed by atoms with Crippen molar-refractivity contribution in [1.29, 1.82) is 0 Å². The number of aliphatic imine (C=N–C) groups is 1. The van der Waals surface area contributed by atoms with E-state index in [-0.39, 0.29) is 24.0 Å². The molecule has 0 aliphatic rings. The predicted octanol–water partition coefficient (Wildman–Crippen LogP) is 0.788. The van der Waals surface area contributed by atoms with Gasteiger partial charge in [-0.1, -0.05) is 18.2 Å². The van der Waals surface area contributed by atoms with Gasteiger partial charge >= 0.3 is 0 Å². The maximum absolute atomic E-state index is 10.9. The van der Waals surface area contributed by atoms with Gasteiger partial charge in [-0.2, -0.15) is 0 Å². The second kappa shape index (κ2) is 12.4. The highest BCUT2D eigenvalue weighted by atomic mass is 127. The molecule has 132 valence electrons. The van der Waals surface area contributed by atoms with Crippen molar-refractivity contribution in [2.24, 2.45) is 4.99 Å². The normalized spacial score (nSPS) is 11.5. The van der Waals surface area contributed by atoms with Gasteiger partial charge in [0.15, 0.2) is 5.96 Å². The zero-order valence-electron chi connectivity index (χ0n) is 13.4. The van der Waals surface area contributed by atoms with Gasteiger partial charge in [-0.15, -0.1) is 24.0 Å². The van der Waals surface area contributed by atoms with Crippen LogP contribution in [0.4, 0.5) is 0 Å². The van der Waals surface area contributed by atoms with E-state index < -0.39 is 10.0 Å². The molecule has 0 fully saturated rings. The van der Waals surface area contributed by atoms with Crippen molar-refractivity contribution < 1.29 is 13.2 Å². The molecule has 0 amide bonds. The largest absolute Gasteiger partial charge is 0.492 e. The molecular formula is C14H25IN4O3S. The van der Waals surface area contributed by atoms with Crippen molar-refractivity contribution in [3.8, 4) is 5.75 Å². The third-order valence-corrected chi connectivity index (χ3v) is 3.37. The van der Waals surface area contributed by atoms with E-state index in [9.17, 15) is 8.42 Å². The fourth-order valence-corrected chi connectivity index (χ4v) is 2.14. The number of sulfonamides is 1. The quantitative estimate of drug-likeness (QED) is 0.221. The van der Waals surface area contributed by atoms with Gasteiger partial charge in [-0.25, -0.2) is 13.1 Å². The lowest BCUT2D eigenvalue weighted by atomic mass is 10.3. The maximum atomic E-state index is 10.9. The molecule has 7 nitrogen and oxygen atoms in total. The first kappa shape index (κ1) is 21.9. The first-order valence-electron chi connectivity index (χ1n) is 7.08. The van der Waals surface area contributed by atoms with E-state index >= 15 is 0 Å². The number of nitrogens with one attached hydrogen (secondary N) is 3. The van der Waals surface area contributed by atoms with Crippen LogP contribution < -0.4 is 20.1 Å². The molecule has 0 saturated heterocycles. The Morgan fingerprint density at radius 2 is 1.78 bits per heavy atom. The van der Waals surface area contributed by atoms with Gasteiger partial charge in [0.2, 0.25) is 10.0 Å². The van der Waals surface area contributed by atoms with Crippen LogP contribution in [-0.2, 0) is 10.0 Å². The first-order valence-corrected chi connectivity index (χ1v) is 8.97. The number of rotatable bonds is 9. The van der Waals surface area contributed by atoms with Gasteiger partial charge in [0, 0.05) is 20.1 Å². The van der Waals surface area contributed by atoms with Gasteiger partial charge in [-0.05, 0) is 18.6 Å². The number of benzene rings is 1. The molecule has 0 unspecified atom stereocenters. The van der Waals surface area contributed by atoms with E-state index in [1.807, 2.05) is 30.3 Å². The Bertz CT molecular complexity index is 552. The van der Waals surface area contributed by atoms with Crippen LogP contribution in [0.15, 0.2) is 35.3 Å². The highest BCUT2D eigenvalue weighted by Gasteiger charge is 2.00. The van der Waals surface area contributed by atoms with Crippen LogP contribution in [0.1, 0.15) is 6.42 Å². The predicted molar refractivity (Wildman–Crippen MR) is 104 cm³/mol. The lowest BCUT2D eigenvalue weighted by Gasteiger charge is -2.12. The molecule has 1 aromatic carbocycles. The fraction of sp³-hybridized carbons (Fsp3) is 0.500. The summed E-state index contributed by atoms with van der Waals surface area (Å²) in [4.78, 5) is 4.08. The second-order valence-electron chi connectivity index (χ2n) is 4.61. The van der Waals surface area contributed by atoms with Gasteiger partial charge in [-0.3, -0.25) is 4.99 Å². The molecule has 3 N–H and O–H groups in total. The van der Waals surface area contributed by atoms with Crippen molar-refractivity contribution >= 4 is 40.0 Å². The molecule has 23 heavy (non-hydrogen) atoms. The number of halogens is 1. The minimum absolute atomic E-state index is 0. The van der Waals surface area contributed by atoms with E-state index in [0.717, 1.165) is 12.0 Å². The molecule has 0 radical (unpaired) electrons. The van der Waals surface area contributed by atoms with Crippen LogP contribution in [0.5, 0.6) is 5.75 Å². The minimum atomic E-state index is -3.11. The number of hydrogen-bond donors (Lipinski definition) is 3. The highest BCUT2D eigenvalue weighted by molar-refractivity contribution is 14.0. The zero-order chi connectivity index (χ0) is 16.3. The van der Waals surface area contributed by atoms with Gasteiger partial charge in [0.25, 0.3) is 0 Å². The van der Waals surface area contributed by atoms with Crippen molar-refractivity contribution in [3.05, 3.63) is 30.3 Å². The monoisotopic (exact) mass is 456 g/mol. The van der Waals surface area contributed by atoms with Crippen molar-refractivity contribution in [1.82, 2.24) is 15.4 Å². The first-order chi connectivity index (χ1) is 10.5. The average Bonchev–Trinajstić information content (AvgIpc) is 2.49. The summed E-state index contributed by atoms with van der Waals surface area (Å²) >= 11 is 0. The zero-order valence-corrected chi connectivity index (χ0v) is 16.6. The van der Waals surface area contributed by atoms with E-state index in [1.54, 1.807) is 7.05 Å². The Hall–Kier alpha value is -1.07. The summed E-state index contributed by atoms with van der Waals surface area (Å²) in [7, 11) is -1.43. The number of guanidine groups is 1. The SMILES string of the molecule is CN=C(NCCCNS(C)(=O)=O)NCCOc1ccccc1.I. The summed E-state index contributed by atoms with van der Waals surface area (Å²) in [5.41, 5.74) is 0. The summed E-state index contributed by atoms with van der Waals surface area (Å²) in [6.07, 6.45) is 1.82. The Labute approximate surface area is 155 Å². The topological polar surface area (TPSA) is 91.8 Å². The van der Waals surface area contributed by atoms with Crippen LogP contribution in [-0.4, -0.2) is 53.9 Å². The molecule has 1 rings (SSSR count). The van der Waals surface area contributed by atoms with Crippen LogP contribution in [0.2, 0.25) is 0 Å². The Morgan fingerprint density at radius 3 is 2.39 bits per heavy atom. The summed E-state index contributed by atoms with van der Waals surface area (Å²) in [5.74, 6) is 1.50. The molecule has 0 spiro atoms. The smallest absolute Gasteiger partial charge is 0.208 e. The third-order valence-electron chi connectivity index (χ3n) is 2.64. The average molecular weight is 456 g/mol. The number of hydrogen-bond acceptors (Lipinski definition) is 4. The van der Waals surface area contributed by atoms with E-state index in [4.69, 9.17) is 4.74 Å². The molecule has 9 heteroatoms. The minimum Gasteiger partial charge on any atom is -0.492 e. The summed E-state index contributed by atoms with van der Waals surface area (Å²) in [6.45, 7) is 2.18. The molecule has 0 aliphatic carbocycles. The van der Waals surface area contributed by atoms with Crippen LogP contribution in [0.25, 0.3) is 0 Å². The Balaban J connectivity index is 0.00000484. The molecule has 0 aliphatic heterocycles. The van der Waals surface area contributed by atoms with Gasteiger partial charge in [0.1, 0.15) is 12.4 Å². The number of nitrogens with zero attached hydrogens (tertiary/aromatic N) is 1. The van der Waals surface area contributed by atoms with Gasteiger partial charge in [0.05, 0.1) is 12.8 Å². The second-order valence-corrected chi connectivity index (χ2v) is 6.44. The molecular weight excluding hydrogens is 431 g/mol. The molecule has 0 saturated carbocycles. The lowest BCUT2D eigenvalue weighted by molar-refractivity contribution is 0.322. The highest BCUT2D eigenvalue weighted by Crippen LogP contribution is 2.07. The van der Waals surface area contributed by atoms with E-state index in [1.165, 1.54) is 0 Å². The van der Waals surface area contributed by atoms with Crippen LogP contribution in [0.3, 0.4) is 0 Å². The van der Waals surface area contributed by atoms with Crippen molar-refractivity contribution in [2.75, 3.05) is 39.5 Å². The number of para-hydroxylation sites is 1. The number of ether oxygens (including phenoxy) is 1. The molecule has 0 atom stereocenters. The van der Waals surface area contributed by atoms with E-state index in [0.29, 0.717) is 38.6 Å². The summed E-state index contributed by atoms with van der Waals surface area (Å²) in [6, 6.07) is 9.60. The fourth-order valence-electron chi connectivity index (χ4n) is 1.63. The molecule has 0 bridgehead atoms. The van der Waals surface area contributed by atoms with Gasteiger partial charge < -0.3 is 15.4 Å². The summed E-state index contributed by atoms with van der Waals surface area (Å²) in [5, 5.41) is 6.22. The maximum Gasteiger partial charge on any atom is 0.208 e.